The Morgan fingerprint density at radius 2 is 2.13 bits per heavy atom. The Hall–Kier alpha value is -0.320. The number of ether oxygens (including phenoxy) is 1. The van der Waals surface area contributed by atoms with Crippen LogP contribution in [0, 0.1) is 0 Å². The summed E-state index contributed by atoms with van der Waals surface area (Å²) < 4.78 is 11.7. The summed E-state index contributed by atoms with van der Waals surface area (Å²) in [6.07, 6.45) is 4.61. The highest BCUT2D eigenvalue weighted by Gasteiger charge is 2.29. The number of rotatable bonds is 4. The number of halogens is 1. The van der Waals surface area contributed by atoms with Gasteiger partial charge in [0, 0.05) is 5.54 Å². The molecular weight excluding hydrogens is 258 g/mol. The van der Waals surface area contributed by atoms with E-state index in [9.17, 15) is 0 Å². The summed E-state index contributed by atoms with van der Waals surface area (Å²) in [5.74, 6) is 0.837. The van der Waals surface area contributed by atoms with E-state index >= 15 is 0 Å². The highest BCUT2D eigenvalue weighted by molar-refractivity contribution is 9.10. The molecule has 0 unspecified atom stereocenters. The van der Waals surface area contributed by atoms with Crippen LogP contribution in [0.3, 0.4) is 0 Å². The lowest BCUT2D eigenvalue weighted by atomic mass is 10.0. The first-order valence-electron chi connectivity index (χ1n) is 5.29. The lowest BCUT2D eigenvalue weighted by molar-refractivity contribution is 0.0642. The molecule has 15 heavy (non-hydrogen) atoms. The molecule has 2 rings (SSSR count). The predicted octanol–water partition coefficient (Wildman–Crippen LogP) is 2.83. The first-order valence-corrected chi connectivity index (χ1v) is 6.08. The molecule has 1 heterocycles. The molecule has 1 aliphatic rings. The van der Waals surface area contributed by atoms with Gasteiger partial charge in [0.2, 0.25) is 0 Å². The van der Waals surface area contributed by atoms with E-state index in [0.29, 0.717) is 13.2 Å². The van der Waals surface area contributed by atoms with Crippen LogP contribution in [0.1, 0.15) is 31.4 Å². The third-order valence-corrected chi connectivity index (χ3v) is 3.29. The molecule has 0 atom stereocenters. The Bertz CT molecular complexity index is 318. The second-order valence-electron chi connectivity index (χ2n) is 4.27. The third kappa shape index (κ3) is 3.06. The van der Waals surface area contributed by atoms with E-state index in [1.165, 1.54) is 12.8 Å². The molecule has 0 radical (unpaired) electrons. The van der Waals surface area contributed by atoms with Crippen molar-refractivity contribution in [2.24, 2.45) is 5.73 Å². The minimum absolute atomic E-state index is 0.0934. The molecule has 1 fully saturated rings. The Morgan fingerprint density at radius 3 is 2.73 bits per heavy atom. The van der Waals surface area contributed by atoms with E-state index < -0.39 is 0 Å². The van der Waals surface area contributed by atoms with E-state index in [1.54, 1.807) is 0 Å². The number of hydrogen-bond acceptors (Lipinski definition) is 3. The molecule has 0 bridgehead atoms. The van der Waals surface area contributed by atoms with Gasteiger partial charge in [0.15, 0.2) is 4.67 Å². The number of hydrogen-bond donors (Lipinski definition) is 1. The SMILES string of the molecule is NC1(COCc2ccc(Br)o2)CCCC1. The summed E-state index contributed by atoms with van der Waals surface area (Å²) in [6.45, 7) is 1.13. The van der Waals surface area contributed by atoms with Gasteiger partial charge in [-0.15, -0.1) is 0 Å². The molecule has 0 aromatic carbocycles. The van der Waals surface area contributed by atoms with E-state index in [1.807, 2.05) is 12.1 Å². The van der Waals surface area contributed by atoms with Gasteiger partial charge in [-0.05, 0) is 40.9 Å². The zero-order chi connectivity index (χ0) is 10.7. The Labute approximate surface area is 98.1 Å². The zero-order valence-corrected chi connectivity index (χ0v) is 10.3. The molecule has 0 spiro atoms. The second-order valence-corrected chi connectivity index (χ2v) is 5.05. The van der Waals surface area contributed by atoms with Crippen molar-refractivity contribution in [1.82, 2.24) is 0 Å². The monoisotopic (exact) mass is 273 g/mol. The highest BCUT2D eigenvalue weighted by Crippen LogP contribution is 2.27. The Morgan fingerprint density at radius 1 is 1.40 bits per heavy atom. The molecule has 2 N–H and O–H groups in total. The van der Waals surface area contributed by atoms with Crippen LogP contribution in [-0.2, 0) is 11.3 Å². The maximum atomic E-state index is 6.16. The topological polar surface area (TPSA) is 48.4 Å². The standard InChI is InChI=1S/C11H16BrNO2/c12-10-4-3-9(15-10)7-14-8-11(13)5-1-2-6-11/h3-4H,1-2,5-8,13H2. The van der Waals surface area contributed by atoms with Gasteiger partial charge < -0.3 is 14.9 Å². The molecular formula is C11H16BrNO2. The van der Waals surface area contributed by atoms with Gasteiger partial charge in [-0.25, -0.2) is 0 Å². The molecule has 1 aromatic heterocycles. The first kappa shape index (κ1) is 11.2. The number of furan rings is 1. The van der Waals surface area contributed by atoms with Crippen molar-refractivity contribution >= 4 is 15.9 Å². The van der Waals surface area contributed by atoms with Crippen LogP contribution in [0.5, 0.6) is 0 Å². The second kappa shape index (κ2) is 4.68. The summed E-state index contributed by atoms with van der Waals surface area (Å²) >= 11 is 3.25. The van der Waals surface area contributed by atoms with Crippen molar-refractivity contribution in [2.75, 3.05) is 6.61 Å². The van der Waals surface area contributed by atoms with Crippen LogP contribution in [0.2, 0.25) is 0 Å². The van der Waals surface area contributed by atoms with Crippen molar-refractivity contribution in [2.45, 2.75) is 37.8 Å². The van der Waals surface area contributed by atoms with E-state index in [-0.39, 0.29) is 5.54 Å². The maximum Gasteiger partial charge on any atom is 0.169 e. The predicted molar refractivity (Wildman–Crippen MR) is 61.5 cm³/mol. The van der Waals surface area contributed by atoms with Crippen molar-refractivity contribution in [3.8, 4) is 0 Å². The molecule has 1 saturated carbocycles. The first-order chi connectivity index (χ1) is 7.18. The van der Waals surface area contributed by atoms with E-state index in [2.05, 4.69) is 15.9 Å². The largest absolute Gasteiger partial charge is 0.452 e. The van der Waals surface area contributed by atoms with E-state index in [0.717, 1.165) is 23.3 Å². The quantitative estimate of drug-likeness (QED) is 0.918. The molecule has 0 aliphatic heterocycles. The van der Waals surface area contributed by atoms with Crippen LogP contribution >= 0.6 is 15.9 Å². The van der Waals surface area contributed by atoms with Crippen molar-refractivity contribution in [3.63, 3.8) is 0 Å². The van der Waals surface area contributed by atoms with Gasteiger partial charge in [-0.2, -0.15) is 0 Å². The van der Waals surface area contributed by atoms with Crippen molar-refractivity contribution < 1.29 is 9.15 Å². The maximum absolute atomic E-state index is 6.16. The lowest BCUT2D eigenvalue weighted by Gasteiger charge is -2.22. The fourth-order valence-electron chi connectivity index (χ4n) is 2.01. The molecule has 84 valence electrons. The highest BCUT2D eigenvalue weighted by atomic mass is 79.9. The van der Waals surface area contributed by atoms with Crippen LogP contribution in [0.15, 0.2) is 21.2 Å². The van der Waals surface area contributed by atoms with Gasteiger partial charge >= 0.3 is 0 Å². The summed E-state index contributed by atoms with van der Waals surface area (Å²) in [6, 6.07) is 3.77. The van der Waals surface area contributed by atoms with Crippen molar-refractivity contribution in [3.05, 3.63) is 22.6 Å². The average molecular weight is 274 g/mol. The van der Waals surface area contributed by atoms with Gasteiger partial charge in [0.1, 0.15) is 12.4 Å². The van der Waals surface area contributed by atoms with Gasteiger partial charge in [-0.3, -0.25) is 0 Å². The van der Waals surface area contributed by atoms with Crippen LogP contribution < -0.4 is 5.73 Å². The fraction of sp³-hybridized carbons (Fsp3) is 0.636. The normalized spacial score (nSPS) is 19.6. The summed E-state index contributed by atoms with van der Waals surface area (Å²) in [7, 11) is 0. The molecule has 0 amide bonds. The average Bonchev–Trinajstić information content (AvgIpc) is 2.76. The Kier molecular flexibility index (Phi) is 3.49. The minimum atomic E-state index is -0.0934. The fourth-order valence-corrected chi connectivity index (χ4v) is 2.35. The molecule has 4 heteroatoms. The smallest absolute Gasteiger partial charge is 0.169 e. The molecule has 1 aromatic rings. The summed E-state index contributed by atoms with van der Waals surface area (Å²) in [5.41, 5.74) is 6.07. The van der Waals surface area contributed by atoms with Gasteiger partial charge in [0.05, 0.1) is 6.61 Å². The molecule has 1 aliphatic carbocycles. The van der Waals surface area contributed by atoms with Crippen LogP contribution in [0.25, 0.3) is 0 Å². The molecule has 0 saturated heterocycles. The summed E-state index contributed by atoms with van der Waals surface area (Å²) in [5, 5.41) is 0. The number of nitrogens with two attached hydrogens (primary N) is 1. The van der Waals surface area contributed by atoms with Gasteiger partial charge in [-0.1, -0.05) is 12.8 Å². The summed E-state index contributed by atoms with van der Waals surface area (Å²) in [4.78, 5) is 0. The zero-order valence-electron chi connectivity index (χ0n) is 8.67. The van der Waals surface area contributed by atoms with Gasteiger partial charge in [0.25, 0.3) is 0 Å². The third-order valence-electron chi connectivity index (χ3n) is 2.86. The minimum Gasteiger partial charge on any atom is -0.452 e. The lowest BCUT2D eigenvalue weighted by Crippen LogP contribution is -2.41. The van der Waals surface area contributed by atoms with E-state index in [4.69, 9.17) is 14.9 Å². The van der Waals surface area contributed by atoms with Crippen LogP contribution in [-0.4, -0.2) is 12.1 Å². The Balaban J connectivity index is 1.75. The van der Waals surface area contributed by atoms with Crippen molar-refractivity contribution in [1.29, 1.82) is 0 Å². The molecule has 3 nitrogen and oxygen atoms in total. The van der Waals surface area contributed by atoms with Crippen LogP contribution in [0.4, 0.5) is 0 Å².